The normalized spacial score (nSPS) is 13.5. The molecule has 1 unspecified atom stereocenters. The lowest BCUT2D eigenvalue weighted by molar-refractivity contribution is -0.204. The number of pyridine rings is 1. The molecule has 0 fully saturated rings. The highest BCUT2D eigenvalue weighted by molar-refractivity contribution is 5.09. The number of halogens is 3. The van der Waals surface area contributed by atoms with Crippen molar-refractivity contribution >= 4 is 0 Å². The monoisotopic (exact) mass is 273 g/mol. The van der Waals surface area contributed by atoms with Gasteiger partial charge in [-0.1, -0.05) is 11.2 Å². The van der Waals surface area contributed by atoms with Gasteiger partial charge in [-0.2, -0.15) is 18.2 Å². The fourth-order valence-electron chi connectivity index (χ4n) is 1.39. The Bertz CT molecular complexity index is 527. The number of alkyl halides is 3. The van der Waals surface area contributed by atoms with Crippen molar-refractivity contribution < 1.29 is 22.8 Å². The van der Waals surface area contributed by atoms with E-state index in [0.29, 0.717) is 5.69 Å². The summed E-state index contributed by atoms with van der Waals surface area (Å²) in [5.74, 6) is -0.0289. The minimum absolute atomic E-state index is 0.225. The van der Waals surface area contributed by atoms with E-state index in [9.17, 15) is 13.2 Å². The van der Waals surface area contributed by atoms with Crippen LogP contribution in [0.5, 0.6) is 0 Å². The molecule has 0 saturated carbocycles. The third-order valence-corrected chi connectivity index (χ3v) is 2.32. The minimum atomic E-state index is -4.70. The van der Waals surface area contributed by atoms with Crippen molar-refractivity contribution in [2.45, 2.75) is 25.1 Å². The zero-order chi connectivity index (χ0) is 13.9. The van der Waals surface area contributed by atoms with E-state index in [0.717, 1.165) is 0 Å². The van der Waals surface area contributed by atoms with E-state index < -0.39 is 18.7 Å². The van der Waals surface area contributed by atoms with Gasteiger partial charge in [-0.15, -0.1) is 0 Å². The van der Waals surface area contributed by atoms with E-state index >= 15 is 0 Å². The third kappa shape index (κ3) is 3.75. The highest BCUT2D eigenvalue weighted by Crippen LogP contribution is 2.22. The molecule has 0 spiro atoms. The van der Waals surface area contributed by atoms with Crippen molar-refractivity contribution in [3.05, 3.63) is 41.8 Å². The second kappa shape index (κ2) is 5.35. The van der Waals surface area contributed by atoms with Crippen molar-refractivity contribution in [2.24, 2.45) is 0 Å². The molecule has 0 amide bonds. The van der Waals surface area contributed by atoms with Crippen molar-refractivity contribution in [2.75, 3.05) is 0 Å². The Kier molecular flexibility index (Phi) is 3.79. The number of aliphatic hydroxyl groups is 1. The van der Waals surface area contributed by atoms with Crippen LogP contribution in [0.1, 0.15) is 17.4 Å². The molecule has 2 rings (SSSR count). The molecule has 0 saturated heterocycles. The first kappa shape index (κ1) is 13.5. The zero-order valence-corrected chi connectivity index (χ0v) is 9.63. The van der Waals surface area contributed by atoms with E-state index in [4.69, 9.17) is 5.11 Å². The number of hydrogen-bond donors (Lipinski definition) is 1. The zero-order valence-electron chi connectivity index (χ0n) is 9.63. The van der Waals surface area contributed by atoms with Crippen LogP contribution in [0.4, 0.5) is 13.2 Å². The van der Waals surface area contributed by atoms with Crippen molar-refractivity contribution in [1.82, 2.24) is 15.1 Å². The van der Waals surface area contributed by atoms with Gasteiger partial charge >= 0.3 is 6.18 Å². The lowest BCUT2D eigenvalue weighted by atomic mass is 10.2. The third-order valence-electron chi connectivity index (χ3n) is 2.32. The summed E-state index contributed by atoms with van der Waals surface area (Å²) in [5, 5.41) is 12.4. The van der Waals surface area contributed by atoms with Crippen LogP contribution in [0.15, 0.2) is 28.9 Å². The Morgan fingerprint density at radius 3 is 2.74 bits per heavy atom. The molecule has 2 aromatic rings. The Hall–Kier alpha value is -1.96. The van der Waals surface area contributed by atoms with Crippen LogP contribution in [0.2, 0.25) is 0 Å². The van der Waals surface area contributed by atoms with E-state index in [2.05, 4.69) is 19.6 Å². The molecule has 5 nitrogen and oxygen atoms in total. The predicted molar refractivity (Wildman–Crippen MR) is 57.1 cm³/mol. The van der Waals surface area contributed by atoms with Crippen LogP contribution in [0.3, 0.4) is 0 Å². The highest BCUT2D eigenvalue weighted by atomic mass is 19.4. The molecule has 2 aromatic heterocycles. The van der Waals surface area contributed by atoms with Crippen molar-refractivity contribution in [1.29, 1.82) is 0 Å². The molecule has 0 aliphatic carbocycles. The summed E-state index contributed by atoms with van der Waals surface area (Å²) in [7, 11) is 0. The fraction of sp³-hybridized carbons (Fsp3) is 0.364. The molecule has 0 radical (unpaired) electrons. The molecule has 102 valence electrons. The molecule has 0 aliphatic heterocycles. The summed E-state index contributed by atoms with van der Waals surface area (Å²) in [6.45, 7) is 0. The average molecular weight is 273 g/mol. The predicted octanol–water partition coefficient (Wildman–Crippen LogP) is 1.52. The molecule has 0 aromatic carbocycles. The smallest absolute Gasteiger partial charge is 0.383 e. The van der Waals surface area contributed by atoms with Crippen molar-refractivity contribution in [3.8, 4) is 0 Å². The molecule has 2 heterocycles. The Morgan fingerprint density at radius 2 is 2.11 bits per heavy atom. The molecule has 19 heavy (non-hydrogen) atoms. The van der Waals surface area contributed by atoms with Gasteiger partial charge in [0.1, 0.15) is 0 Å². The van der Waals surface area contributed by atoms with Crippen LogP contribution >= 0.6 is 0 Å². The SMILES string of the molecule is OC(Cc1nc(Cc2ccccn2)no1)C(F)(F)F. The van der Waals surface area contributed by atoms with Gasteiger partial charge in [-0.25, -0.2) is 0 Å². The average Bonchev–Trinajstić information content (AvgIpc) is 2.76. The topological polar surface area (TPSA) is 72.0 Å². The van der Waals surface area contributed by atoms with Gasteiger partial charge in [0.15, 0.2) is 11.9 Å². The number of nitrogens with zero attached hydrogens (tertiary/aromatic N) is 3. The maximum atomic E-state index is 12.1. The van der Waals surface area contributed by atoms with E-state index in [1.807, 2.05) is 0 Å². The second-order valence-electron chi connectivity index (χ2n) is 3.86. The van der Waals surface area contributed by atoms with E-state index in [1.54, 1.807) is 24.4 Å². The van der Waals surface area contributed by atoms with Gasteiger partial charge in [-0.05, 0) is 12.1 Å². The largest absolute Gasteiger partial charge is 0.414 e. The summed E-state index contributed by atoms with van der Waals surface area (Å²) < 4.78 is 41.1. The fourth-order valence-corrected chi connectivity index (χ4v) is 1.39. The molecule has 1 atom stereocenters. The number of aliphatic hydroxyl groups excluding tert-OH is 1. The molecular formula is C11H10F3N3O2. The minimum Gasteiger partial charge on any atom is -0.383 e. The van der Waals surface area contributed by atoms with E-state index in [-0.39, 0.29) is 18.1 Å². The quantitative estimate of drug-likeness (QED) is 0.914. The van der Waals surface area contributed by atoms with Crippen LogP contribution in [-0.2, 0) is 12.8 Å². The standard InChI is InChI=1S/C11H10F3N3O2/c12-11(13,14)8(18)6-10-16-9(17-19-10)5-7-3-1-2-4-15-7/h1-4,8,18H,5-6H2. The Labute approximate surface area is 106 Å². The van der Waals surface area contributed by atoms with Crippen LogP contribution in [-0.4, -0.2) is 32.5 Å². The highest BCUT2D eigenvalue weighted by Gasteiger charge is 2.39. The van der Waals surface area contributed by atoms with Crippen LogP contribution in [0.25, 0.3) is 0 Å². The van der Waals surface area contributed by atoms with E-state index in [1.165, 1.54) is 0 Å². The first-order chi connectivity index (χ1) is 8.95. The summed E-state index contributed by atoms with van der Waals surface area (Å²) in [6, 6.07) is 5.25. The molecule has 0 aliphatic rings. The number of rotatable bonds is 4. The lowest BCUT2D eigenvalue weighted by Crippen LogP contribution is -2.30. The molecule has 1 N–H and O–H groups in total. The lowest BCUT2D eigenvalue weighted by Gasteiger charge is -2.11. The Balaban J connectivity index is 2.00. The first-order valence-electron chi connectivity index (χ1n) is 5.41. The van der Waals surface area contributed by atoms with Gasteiger partial charge in [0.05, 0.1) is 12.8 Å². The summed E-state index contributed by atoms with van der Waals surface area (Å²) >= 11 is 0. The Morgan fingerprint density at radius 1 is 1.32 bits per heavy atom. The molecular weight excluding hydrogens is 263 g/mol. The first-order valence-corrected chi connectivity index (χ1v) is 5.41. The number of hydrogen-bond acceptors (Lipinski definition) is 5. The van der Waals surface area contributed by atoms with Crippen LogP contribution < -0.4 is 0 Å². The maximum Gasteiger partial charge on any atom is 0.414 e. The number of aromatic nitrogens is 3. The van der Waals surface area contributed by atoms with Gasteiger partial charge in [0.25, 0.3) is 0 Å². The van der Waals surface area contributed by atoms with Gasteiger partial charge in [0.2, 0.25) is 5.89 Å². The molecule has 0 bridgehead atoms. The van der Waals surface area contributed by atoms with Crippen LogP contribution in [0, 0.1) is 0 Å². The summed E-state index contributed by atoms with van der Waals surface area (Å²) in [6.07, 6.45) is -6.11. The van der Waals surface area contributed by atoms with Gasteiger partial charge in [0, 0.05) is 11.9 Å². The van der Waals surface area contributed by atoms with Gasteiger partial charge in [-0.3, -0.25) is 4.98 Å². The summed E-state index contributed by atoms with van der Waals surface area (Å²) in [4.78, 5) is 7.81. The van der Waals surface area contributed by atoms with Gasteiger partial charge < -0.3 is 9.63 Å². The van der Waals surface area contributed by atoms with Crippen molar-refractivity contribution in [3.63, 3.8) is 0 Å². The maximum absolute atomic E-state index is 12.1. The summed E-state index contributed by atoms with van der Waals surface area (Å²) in [5.41, 5.74) is 0.672. The second-order valence-corrected chi connectivity index (χ2v) is 3.86. The molecule has 8 heteroatoms.